The first-order chi connectivity index (χ1) is 13.8. The van der Waals surface area contributed by atoms with Crippen LogP contribution in [0.15, 0.2) is 27.3 Å². The van der Waals surface area contributed by atoms with Gasteiger partial charge in [0.05, 0.1) is 10.9 Å². The molecule has 4 rings (SSSR count). The summed E-state index contributed by atoms with van der Waals surface area (Å²) in [6, 6.07) is 3.03. The summed E-state index contributed by atoms with van der Waals surface area (Å²) >= 11 is 0. The van der Waals surface area contributed by atoms with E-state index >= 15 is 0 Å². The van der Waals surface area contributed by atoms with Crippen molar-refractivity contribution in [2.24, 2.45) is 7.05 Å². The van der Waals surface area contributed by atoms with E-state index in [1.165, 1.54) is 9.13 Å². The molecule has 2 aliphatic carbocycles. The van der Waals surface area contributed by atoms with Crippen molar-refractivity contribution in [2.75, 3.05) is 0 Å². The lowest BCUT2D eigenvalue weighted by Crippen LogP contribution is -2.41. The number of hydrogen-bond acceptors (Lipinski definition) is 5. The molecule has 0 saturated heterocycles. The van der Waals surface area contributed by atoms with Crippen molar-refractivity contribution in [2.45, 2.75) is 57.9 Å². The Morgan fingerprint density at radius 1 is 1.00 bits per heavy atom. The van der Waals surface area contributed by atoms with E-state index in [1.54, 1.807) is 26.1 Å². The fraction of sp³-hybridized carbons (Fsp3) is 0.455. The molecular formula is C22H24N2O5. The van der Waals surface area contributed by atoms with Crippen molar-refractivity contribution in [3.63, 3.8) is 0 Å². The number of ketones is 2. The van der Waals surface area contributed by atoms with Crippen LogP contribution in [0.4, 0.5) is 0 Å². The molecule has 2 saturated carbocycles. The quantitative estimate of drug-likeness (QED) is 0.478. The normalized spacial score (nSPS) is 18.1. The minimum absolute atomic E-state index is 0.123. The highest BCUT2D eigenvalue weighted by Gasteiger charge is 2.29. The van der Waals surface area contributed by atoms with Crippen molar-refractivity contribution in [3.8, 4) is 0 Å². The van der Waals surface area contributed by atoms with E-state index in [2.05, 4.69) is 0 Å². The van der Waals surface area contributed by atoms with Gasteiger partial charge in [0, 0.05) is 31.5 Å². The lowest BCUT2D eigenvalue weighted by Gasteiger charge is -2.19. The Bertz CT molecular complexity index is 1170. The van der Waals surface area contributed by atoms with Gasteiger partial charge in [-0.25, -0.2) is 4.79 Å². The second-order valence-electron chi connectivity index (χ2n) is 8.01. The van der Waals surface area contributed by atoms with E-state index in [9.17, 15) is 24.3 Å². The summed E-state index contributed by atoms with van der Waals surface area (Å²) in [4.78, 5) is 50.6. The van der Waals surface area contributed by atoms with E-state index in [0.29, 0.717) is 22.9 Å². The Hall–Kier alpha value is -2.96. The zero-order chi connectivity index (χ0) is 20.9. The van der Waals surface area contributed by atoms with E-state index in [0.717, 1.165) is 25.7 Å². The minimum atomic E-state index is -0.381. The van der Waals surface area contributed by atoms with Crippen molar-refractivity contribution < 1.29 is 14.7 Å². The molecule has 1 N–H and O–H groups in total. The highest BCUT2D eigenvalue weighted by Crippen LogP contribution is 2.30. The molecule has 2 aliphatic rings. The predicted octanol–water partition coefficient (Wildman–Crippen LogP) is 2.71. The molecule has 2 fully saturated rings. The molecule has 152 valence electrons. The van der Waals surface area contributed by atoms with Crippen LogP contribution in [0.5, 0.6) is 0 Å². The molecule has 0 unspecified atom stereocenters. The molecule has 0 radical (unpaired) electrons. The van der Waals surface area contributed by atoms with E-state index in [4.69, 9.17) is 0 Å². The van der Waals surface area contributed by atoms with Gasteiger partial charge in [-0.2, -0.15) is 0 Å². The summed E-state index contributed by atoms with van der Waals surface area (Å²) in [5.41, 5.74) is 0.306. The molecular weight excluding hydrogens is 372 g/mol. The van der Waals surface area contributed by atoms with Crippen LogP contribution in [0.1, 0.15) is 62.1 Å². The number of nitrogens with zero attached hydrogens (tertiary/aromatic N) is 2. The Morgan fingerprint density at radius 2 is 1.62 bits per heavy atom. The van der Waals surface area contributed by atoms with Gasteiger partial charge in [0.15, 0.2) is 11.6 Å². The summed E-state index contributed by atoms with van der Waals surface area (Å²) in [5.74, 6) is -1.12. The molecule has 0 bridgehead atoms. The number of aryl methyl sites for hydroxylation is 2. The topological polar surface area (TPSA) is 98.4 Å². The average Bonchev–Trinajstić information content (AvgIpc) is 3.20. The van der Waals surface area contributed by atoms with Gasteiger partial charge in [0.25, 0.3) is 5.56 Å². The molecule has 2 aromatic rings. The number of rotatable bonds is 2. The van der Waals surface area contributed by atoms with Gasteiger partial charge in [-0.3, -0.25) is 23.5 Å². The Morgan fingerprint density at radius 3 is 2.24 bits per heavy atom. The molecule has 1 aromatic heterocycles. The maximum atomic E-state index is 13.3. The minimum Gasteiger partial charge on any atom is -0.506 e. The first kappa shape index (κ1) is 19.4. The molecule has 29 heavy (non-hydrogen) atoms. The summed E-state index contributed by atoms with van der Waals surface area (Å²) in [6.45, 7) is 1.68. The van der Waals surface area contributed by atoms with Crippen LogP contribution < -0.4 is 11.2 Å². The lowest BCUT2D eigenvalue weighted by molar-refractivity contribution is -0.123. The van der Waals surface area contributed by atoms with Crippen LogP contribution in [-0.2, 0) is 16.6 Å². The summed E-state index contributed by atoms with van der Waals surface area (Å²) in [5, 5.41) is 11.1. The van der Waals surface area contributed by atoms with Gasteiger partial charge >= 0.3 is 5.69 Å². The van der Waals surface area contributed by atoms with Gasteiger partial charge in [-0.15, -0.1) is 0 Å². The molecule has 1 heterocycles. The third kappa shape index (κ3) is 2.96. The fourth-order valence-electron chi connectivity index (χ4n) is 4.67. The summed E-state index contributed by atoms with van der Waals surface area (Å²) in [7, 11) is 1.63. The predicted molar refractivity (Wildman–Crippen MR) is 109 cm³/mol. The molecule has 1 aromatic carbocycles. The first-order valence-corrected chi connectivity index (χ1v) is 10.1. The van der Waals surface area contributed by atoms with Gasteiger partial charge < -0.3 is 5.11 Å². The van der Waals surface area contributed by atoms with E-state index < -0.39 is 0 Å². The van der Waals surface area contributed by atoms with Crippen molar-refractivity contribution >= 4 is 28.2 Å². The highest BCUT2D eigenvalue weighted by atomic mass is 16.3. The monoisotopic (exact) mass is 396 g/mol. The van der Waals surface area contributed by atoms with Crippen LogP contribution in [0, 0.1) is 6.92 Å². The van der Waals surface area contributed by atoms with Crippen molar-refractivity contribution in [3.05, 3.63) is 49.7 Å². The van der Waals surface area contributed by atoms with Gasteiger partial charge in [-0.05, 0) is 43.9 Å². The second-order valence-corrected chi connectivity index (χ2v) is 8.01. The van der Waals surface area contributed by atoms with Crippen molar-refractivity contribution in [1.82, 2.24) is 9.13 Å². The Kier molecular flexibility index (Phi) is 4.76. The van der Waals surface area contributed by atoms with Gasteiger partial charge in [-0.1, -0.05) is 12.8 Å². The number of allylic oxidation sites excluding steroid dienone is 1. The third-order valence-corrected chi connectivity index (χ3v) is 6.28. The van der Waals surface area contributed by atoms with Crippen molar-refractivity contribution in [1.29, 1.82) is 0 Å². The van der Waals surface area contributed by atoms with Crippen LogP contribution in [-0.4, -0.2) is 25.8 Å². The summed E-state index contributed by atoms with van der Waals surface area (Å²) in [6.07, 6.45) is 4.47. The number of hydrogen-bond donors (Lipinski definition) is 1. The summed E-state index contributed by atoms with van der Waals surface area (Å²) < 4.78 is 2.78. The fourth-order valence-corrected chi connectivity index (χ4v) is 4.67. The average molecular weight is 396 g/mol. The number of Topliss-reactive ketones (excluding diaryl/α,β-unsaturated/α-hetero) is 2. The first-order valence-electron chi connectivity index (χ1n) is 10.1. The zero-order valence-electron chi connectivity index (χ0n) is 16.7. The molecule has 0 atom stereocenters. The van der Waals surface area contributed by atoms with Crippen LogP contribution in [0.3, 0.4) is 0 Å². The van der Waals surface area contributed by atoms with Gasteiger partial charge in [0.2, 0.25) is 0 Å². The Balaban J connectivity index is 2.01. The second kappa shape index (κ2) is 7.13. The van der Waals surface area contributed by atoms with Crippen LogP contribution in [0.25, 0.3) is 16.7 Å². The van der Waals surface area contributed by atoms with E-state index in [1.807, 2.05) is 0 Å². The number of fused-ring (bicyclic) bond motifs is 1. The maximum Gasteiger partial charge on any atom is 0.331 e. The number of aliphatic hydroxyl groups excluding tert-OH is 1. The SMILES string of the molecule is Cc1c(C(O)=C2C(=O)CCCC2=O)ccc2c1c(=O)n(C1CCCC1)c(=O)n2C. The number of aliphatic hydroxyl groups is 1. The number of carbonyl (C=O) groups excluding carboxylic acids is 2. The Labute approximate surface area is 167 Å². The number of aromatic nitrogens is 2. The number of benzene rings is 1. The standard InChI is InChI=1S/C22H24N2O5/c1-12-14(20(27)19-16(25)8-5-9-17(19)26)10-11-15-18(12)21(28)24(22(29)23(15)2)13-6-3-4-7-13/h10-11,13,27H,3-9H2,1-2H3. The van der Waals surface area contributed by atoms with E-state index in [-0.39, 0.29) is 58.6 Å². The molecule has 0 amide bonds. The zero-order valence-corrected chi connectivity index (χ0v) is 16.7. The maximum absolute atomic E-state index is 13.3. The molecule has 7 nitrogen and oxygen atoms in total. The smallest absolute Gasteiger partial charge is 0.331 e. The third-order valence-electron chi connectivity index (χ3n) is 6.28. The van der Waals surface area contributed by atoms with Gasteiger partial charge in [0.1, 0.15) is 11.3 Å². The molecule has 0 aliphatic heterocycles. The highest BCUT2D eigenvalue weighted by molar-refractivity contribution is 6.25. The number of carbonyl (C=O) groups is 2. The van der Waals surface area contributed by atoms with Crippen LogP contribution >= 0.6 is 0 Å². The lowest BCUT2D eigenvalue weighted by atomic mass is 9.88. The largest absolute Gasteiger partial charge is 0.506 e. The molecule has 7 heteroatoms. The van der Waals surface area contributed by atoms with Crippen LogP contribution in [0.2, 0.25) is 0 Å². The molecule has 0 spiro atoms.